The van der Waals surface area contributed by atoms with Crippen molar-refractivity contribution in [3.63, 3.8) is 0 Å². The molecule has 0 rings (SSSR count). The Morgan fingerprint density at radius 3 is 2.53 bits per heavy atom. The van der Waals surface area contributed by atoms with Crippen molar-refractivity contribution in [1.82, 2.24) is 5.32 Å². The van der Waals surface area contributed by atoms with Gasteiger partial charge in [0.25, 0.3) is 6.43 Å². The molecule has 15 heavy (non-hydrogen) atoms. The Labute approximate surface area is 87.9 Å². The lowest BCUT2D eigenvalue weighted by Crippen LogP contribution is -2.52. The molecule has 0 aliphatic carbocycles. The molecule has 0 fully saturated rings. The second kappa shape index (κ2) is 6.68. The summed E-state index contributed by atoms with van der Waals surface area (Å²) < 4.78 is 33.1. The lowest BCUT2D eigenvalue weighted by Gasteiger charge is -2.26. The number of esters is 1. The van der Waals surface area contributed by atoms with Gasteiger partial charge in [-0.1, -0.05) is 0 Å². The molecule has 0 aromatic carbocycles. The van der Waals surface area contributed by atoms with E-state index in [1.807, 2.05) is 0 Å². The summed E-state index contributed by atoms with van der Waals surface area (Å²) in [5, 5.41) is 2.69. The van der Waals surface area contributed by atoms with Crippen molar-refractivity contribution >= 4 is 5.97 Å². The summed E-state index contributed by atoms with van der Waals surface area (Å²) in [6.45, 7) is 2.62. The number of carbonyl (C=O) groups excluding carboxylic acids is 1. The third-order valence-electron chi connectivity index (χ3n) is 1.91. The summed E-state index contributed by atoms with van der Waals surface area (Å²) in [6.07, 6.45) is -2.53. The van der Waals surface area contributed by atoms with Crippen LogP contribution in [0.1, 0.15) is 13.8 Å². The minimum absolute atomic E-state index is 0.146. The minimum atomic E-state index is -2.53. The molecule has 0 saturated carbocycles. The molecule has 0 bridgehead atoms. The van der Waals surface area contributed by atoms with E-state index in [2.05, 4.69) is 5.32 Å². The molecule has 0 spiro atoms. The zero-order valence-electron chi connectivity index (χ0n) is 9.18. The van der Waals surface area contributed by atoms with Crippen molar-refractivity contribution in [3.05, 3.63) is 0 Å². The van der Waals surface area contributed by atoms with Crippen molar-refractivity contribution in [2.45, 2.75) is 25.8 Å². The summed E-state index contributed by atoms with van der Waals surface area (Å²) in [7, 11) is 1.54. The van der Waals surface area contributed by atoms with E-state index in [1.54, 1.807) is 14.0 Å². The molecular weight excluding hydrogens is 208 g/mol. The quantitative estimate of drug-likeness (QED) is 0.651. The highest BCUT2D eigenvalue weighted by atomic mass is 19.3. The van der Waals surface area contributed by atoms with Gasteiger partial charge in [0.15, 0.2) is 0 Å². The van der Waals surface area contributed by atoms with Crippen LogP contribution in [0.25, 0.3) is 0 Å². The van der Waals surface area contributed by atoms with Crippen molar-refractivity contribution in [1.29, 1.82) is 0 Å². The number of nitrogens with one attached hydrogen (secondary N) is 1. The fourth-order valence-electron chi connectivity index (χ4n) is 0.876. The van der Waals surface area contributed by atoms with Crippen molar-refractivity contribution in [2.75, 3.05) is 26.9 Å². The molecule has 0 saturated heterocycles. The van der Waals surface area contributed by atoms with Gasteiger partial charge < -0.3 is 14.8 Å². The number of halogens is 2. The lowest BCUT2D eigenvalue weighted by atomic mass is 10.1. The number of rotatable bonds is 7. The number of alkyl halides is 2. The van der Waals surface area contributed by atoms with Gasteiger partial charge in [-0.25, -0.2) is 13.6 Å². The number of hydrogen-bond donors (Lipinski definition) is 1. The third-order valence-corrected chi connectivity index (χ3v) is 1.91. The molecule has 1 atom stereocenters. The smallest absolute Gasteiger partial charge is 0.328 e. The summed E-state index contributed by atoms with van der Waals surface area (Å²) in [5.41, 5.74) is -1.08. The maximum absolute atomic E-state index is 11.8. The van der Waals surface area contributed by atoms with Gasteiger partial charge in [-0.3, -0.25) is 0 Å². The summed E-state index contributed by atoms with van der Waals surface area (Å²) in [4.78, 5) is 11.4. The predicted molar refractivity (Wildman–Crippen MR) is 50.9 cm³/mol. The van der Waals surface area contributed by atoms with Gasteiger partial charge in [-0.2, -0.15) is 0 Å². The number of likely N-dealkylation sites (N-methyl/N-ethyl adjacent to an activating group) is 1. The molecule has 0 aromatic rings. The molecule has 0 aliphatic heterocycles. The summed E-state index contributed by atoms with van der Waals surface area (Å²) in [5.74, 6) is -0.512. The van der Waals surface area contributed by atoms with E-state index in [0.717, 1.165) is 0 Å². The Hall–Kier alpha value is -0.750. The second-order valence-electron chi connectivity index (χ2n) is 3.21. The zero-order valence-corrected chi connectivity index (χ0v) is 9.18. The van der Waals surface area contributed by atoms with Crippen LogP contribution in [0.5, 0.6) is 0 Å². The second-order valence-corrected chi connectivity index (χ2v) is 3.21. The minimum Gasteiger partial charge on any atom is -0.465 e. The highest BCUT2D eigenvalue weighted by Gasteiger charge is 2.33. The maximum atomic E-state index is 11.8. The van der Waals surface area contributed by atoms with E-state index in [0.29, 0.717) is 0 Å². The van der Waals surface area contributed by atoms with Gasteiger partial charge in [0.05, 0.1) is 13.2 Å². The van der Waals surface area contributed by atoms with Crippen molar-refractivity contribution in [2.24, 2.45) is 0 Å². The molecule has 0 radical (unpaired) electrons. The standard InChI is InChI=1S/C9H17F2NO3/c1-4-15-8(13)9(2,12-3)6-14-5-7(10)11/h7,12H,4-6H2,1-3H3. The van der Waals surface area contributed by atoms with Crippen LogP contribution in [0, 0.1) is 0 Å². The lowest BCUT2D eigenvalue weighted by molar-refractivity contribution is -0.153. The van der Waals surface area contributed by atoms with Gasteiger partial charge in [0, 0.05) is 0 Å². The fourth-order valence-corrected chi connectivity index (χ4v) is 0.876. The van der Waals surface area contributed by atoms with Crippen LogP contribution in [0.2, 0.25) is 0 Å². The Balaban J connectivity index is 4.12. The predicted octanol–water partition coefficient (Wildman–Crippen LogP) is 0.809. The van der Waals surface area contributed by atoms with Crippen molar-refractivity contribution in [3.8, 4) is 0 Å². The topological polar surface area (TPSA) is 47.6 Å². The van der Waals surface area contributed by atoms with Gasteiger partial charge in [-0.15, -0.1) is 0 Å². The monoisotopic (exact) mass is 225 g/mol. The molecule has 6 heteroatoms. The average Bonchev–Trinajstić information content (AvgIpc) is 2.17. The van der Waals surface area contributed by atoms with Gasteiger partial charge in [-0.05, 0) is 20.9 Å². The fraction of sp³-hybridized carbons (Fsp3) is 0.889. The molecule has 1 N–H and O–H groups in total. The first-order valence-electron chi connectivity index (χ1n) is 4.68. The maximum Gasteiger partial charge on any atom is 0.328 e. The summed E-state index contributed by atoms with van der Waals surface area (Å²) in [6, 6.07) is 0. The van der Waals surface area contributed by atoms with Crippen molar-refractivity contribution < 1.29 is 23.0 Å². The first-order chi connectivity index (χ1) is 6.96. The van der Waals surface area contributed by atoms with Crippen LogP contribution in [0.3, 0.4) is 0 Å². The van der Waals surface area contributed by atoms with Gasteiger partial charge in [0.2, 0.25) is 0 Å². The van der Waals surface area contributed by atoms with E-state index in [1.165, 1.54) is 6.92 Å². The van der Waals surface area contributed by atoms with Crippen LogP contribution in [-0.2, 0) is 14.3 Å². The van der Waals surface area contributed by atoms with E-state index >= 15 is 0 Å². The highest BCUT2D eigenvalue weighted by molar-refractivity contribution is 5.80. The van der Waals surface area contributed by atoms with E-state index in [4.69, 9.17) is 9.47 Å². The van der Waals surface area contributed by atoms with E-state index in [-0.39, 0.29) is 13.2 Å². The number of hydrogen-bond acceptors (Lipinski definition) is 4. The molecule has 90 valence electrons. The molecular formula is C9H17F2NO3. The Morgan fingerprint density at radius 2 is 2.13 bits per heavy atom. The first-order valence-corrected chi connectivity index (χ1v) is 4.68. The van der Waals surface area contributed by atoms with Crippen LogP contribution in [0.15, 0.2) is 0 Å². The van der Waals surface area contributed by atoms with Crippen LogP contribution in [0.4, 0.5) is 8.78 Å². The molecule has 1 unspecified atom stereocenters. The average molecular weight is 225 g/mol. The molecule has 0 aliphatic rings. The van der Waals surface area contributed by atoms with Crippen LogP contribution in [-0.4, -0.2) is 44.8 Å². The van der Waals surface area contributed by atoms with E-state index in [9.17, 15) is 13.6 Å². The zero-order chi connectivity index (χ0) is 11.9. The molecule has 0 heterocycles. The highest BCUT2D eigenvalue weighted by Crippen LogP contribution is 2.07. The Morgan fingerprint density at radius 1 is 1.53 bits per heavy atom. The third kappa shape index (κ3) is 5.03. The SMILES string of the molecule is CCOC(=O)C(C)(COCC(F)F)NC. The first kappa shape index (κ1) is 14.2. The van der Waals surface area contributed by atoms with E-state index < -0.39 is 24.5 Å². The largest absolute Gasteiger partial charge is 0.465 e. The summed E-state index contributed by atoms with van der Waals surface area (Å²) >= 11 is 0. The Kier molecular flexibility index (Phi) is 6.35. The molecule has 0 amide bonds. The Bertz CT molecular complexity index is 202. The van der Waals surface area contributed by atoms with Gasteiger partial charge in [0.1, 0.15) is 12.1 Å². The van der Waals surface area contributed by atoms with Crippen LogP contribution < -0.4 is 5.32 Å². The molecule has 4 nitrogen and oxygen atoms in total. The van der Waals surface area contributed by atoms with Gasteiger partial charge >= 0.3 is 5.97 Å². The number of ether oxygens (including phenoxy) is 2. The molecule has 0 aromatic heterocycles. The normalized spacial score (nSPS) is 15.1. The number of carbonyl (C=O) groups is 1. The van der Waals surface area contributed by atoms with Crippen LogP contribution >= 0.6 is 0 Å².